The number of likely N-dealkylation sites (tertiary alicyclic amines) is 1. The standard InChI is InChI=1S/C15H33N3O/c1-13(2)9-14(11-17(3)4)16-10-15(19)12-18-7-5-6-8-18/h13-16,19H,5-12H2,1-4H3. The summed E-state index contributed by atoms with van der Waals surface area (Å²) in [4.78, 5) is 4.59. The van der Waals surface area contributed by atoms with Crippen LogP contribution in [0.1, 0.15) is 33.1 Å². The first kappa shape index (κ1) is 16.9. The topological polar surface area (TPSA) is 38.7 Å². The van der Waals surface area contributed by atoms with Crippen molar-refractivity contribution in [1.82, 2.24) is 15.1 Å². The van der Waals surface area contributed by atoms with Gasteiger partial charge < -0.3 is 20.2 Å². The van der Waals surface area contributed by atoms with Gasteiger partial charge in [0.2, 0.25) is 0 Å². The first-order valence-corrected chi connectivity index (χ1v) is 7.76. The second-order valence-corrected chi connectivity index (χ2v) is 6.66. The van der Waals surface area contributed by atoms with Crippen LogP contribution in [-0.2, 0) is 0 Å². The molecule has 1 heterocycles. The highest BCUT2D eigenvalue weighted by Crippen LogP contribution is 2.08. The Balaban J connectivity index is 2.24. The zero-order chi connectivity index (χ0) is 14.3. The number of likely N-dealkylation sites (N-methyl/N-ethyl adjacent to an activating group) is 1. The quantitative estimate of drug-likeness (QED) is 0.656. The minimum atomic E-state index is -0.241. The van der Waals surface area contributed by atoms with Gasteiger partial charge in [0.1, 0.15) is 0 Å². The van der Waals surface area contributed by atoms with Gasteiger partial charge in [-0.25, -0.2) is 0 Å². The Labute approximate surface area is 119 Å². The summed E-state index contributed by atoms with van der Waals surface area (Å²) in [6, 6.07) is 0.475. The van der Waals surface area contributed by atoms with Crippen molar-refractivity contribution in [2.24, 2.45) is 5.92 Å². The van der Waals surface area contributed by atoms with Crippen LogP contribution in [0.5, 0.6) is 0 Å². The van der Waals surface area contributed by atoms with Crippen LogP contribution in [0.3, 0.4) is 0 Å². The molecule has 4 heteroatoms. The van der Waals surface area contributed by atoms with E-state index in [2.05, 4.69) is 43.1 Å². The average Bonchev–Trinajstić information content (AvgIpc) is 2.77. The second-order valence-electron chi connectivity index (χ2n) is 6.66. The molecular formula is C15H33N3O. The molecule has 19 heavy (non-hydrogen) atoms. The van der Waals surface area contributed by atoms with Gasteiger partial charge >= 0.3 is 0 Å². The van der Waals surface area contributed by atoms with E-state index in [9.17, 15) is 5.11 Å². The van der Waals surface area contributed by atoms with Gasteiger partial charge in [-0.1, -0.05) is 13.8 Å². The summed E-state index contributed by atoms with van der Waals surface area (Å²) >= 11 is 0. The molecule has 0 saturated carbocycles. The van der Waals surface area contributed by atoms with Crippen molar-refractivity contribution in [3.63, 3.8) is 0 Å². The van der Waals surface area contributed by atoms with Crippen molar-refractivity contribution in [3.05, 3.63) is 0 Å². The maximum absolute atomic E-state index is 10.1. The van der Waals surface area contributed by atoms with Gasteiger partial charge in [-0.15, -0.1) is 0 Å². The van der Waals surface area contributed by atoms with Crippen molar-refractivity contribution in [1.29, 1.82) is 0 Å². The summed E-state index contributed by atoms with van der Waals surface area (Å²) in [5.41, 5.74) is 0. The Bertz CT molecular complexity index is 217. The SMILES string of the molecule is CC(C)CC(CN(C)C)NCC(O)CN1CCCC1. The maximum Gasteiger partial charge on any atom is 0.0791 e. The number of nitrogens with one attached hydrogen (secondary N) is 1. The normalized spacial score (nSPS) is 20.4. The molecule has 2 atom stereocenters. The van der Waals surface area contributed by atoms with Gasteiger partial charge in [0, 0.05) is 25.7 Å². The molecule has 1 aliphatic heterocycles. The van der Waals surface area contributed by atoms with Crippen molar-refractivity contribution in [3.8, 4) is 0 Å². The fourth-order valence-electron chi connectivity index (χ4n) is 2.86. The molecule has 4 nitrogen and oxygen atoms in total. The molecule has 2 unspecified atom stereocenters. The van der Waals surface area contributed by atoms with Crippen LogP contribution in [0.15, 0.2) is 0 Å². The van der Waals surface area contributed by atoms with Crippen LogP contribution in [0.2, 0.25) is 0 Å². The summed E-state index contributed by atoms with van der Waals surface area (Å²) in [6.45, 7) is 9.39. The Kier molecular flexibility index (Phi) is 7.91. The number of aliphatic hydroxyl groups excluding tert-OH is 1. The minimum absolute atomic E-state index is 0.241. The third kappa shape index (κ3) is 7.88. The first-order valence-electron chi connectivity index (χ1n) is 7.76. The number of hydrogen-bond donors (Lipinski definition) is 2. The number of β-amino-alcohol motifs (C(OH)–C–C–N with tert-alkyl or cyclic N) is 1. The number of nitrogens with zero attached hydrogens (tertiary/aromatic N) is 2. The van der Waals surface area contributed by atoms with E-state index in [1.54, 1.807) is 0 Å². The average molecular weight is 271 g/mol. The fourth-order valence-corrected chi connectivity index (χ4v) is 2.86. The van der Waals surface area contributed by atoms with Crippen LogP contribution < -0.4 is 5.32 Å². The van der Waals surface area contributed by atoms with Crippen LogP contribution in [0, 0.1) is 5.92 Å². The van der Waals surface area contributed by atoms with Gasteiger partial charge in [0.05, 0.1) is 6.10 Å². The van der Waals surface area contributed by atoms with Crippen LogP contribution in [0.4, 0.5) is 0 Å². The molecular weight excluding hydrogens is 238 g/mol. The van der Waals surface area contributed by atoms with E-state index in [4.69, 9.17) is 0 Å². The van der Waals surface area contributed by atoms with Crippen LogP contribution >= 0.6 is 0 Å². The maximum atomic E-state index is 10.1. The molecule has 0 aromatic carbocycles. The largest absolute Gasteiger partial charge is 0.390 e. The Morgan fingerprint density at radius 1 is 1.21 bits per heavy atom. The molecule has 0 spiro atoms. The van der Waals surface area contributed by atoms with E-state index in [0.717, 1.165) is 32.6 Å². The second kappa shape index (κ2) is 8.90. The summed E-state index contributed by atoms with van der Waals surface area (Å²) < 4.78 is 0. The Morgan fingerprint density at radius 2 is 1.84 bits per heavy atom. The molecule has 0 bridgehead atoms. The molecule has 2 N–H and O–H groups in total. The fraction of sp³-hybridized carbons (Fsp3) is 1.00. The molecule has 1 fully saturated rings. The zero-order valence-electron chi connectivity index (χ0n) is 13.2. The molecule has 0 radical (unpaired) electrons. The highest BCUT2D eigenvalue weighted by Gasteiger charge is 2.17. The predicted molar refractivity (Wildman–Crippen MR) is 81.5 cm³/mol. The monoisotopic (exact) mass is 271 g/mol. The van der Waals surface area contributed by atoms with Gasteiger partial charge in [-0.05, 0) is 52.4 Å². The minimum Gasteiger partial charge on any atom is -0.390 e. The first-order chi connectivity index (χ1) is 8.97. The lowest BCUT2D eigenvalue weighted by Gasteiger charge is -2.26. The summed E-state index contributed by atoms with van der Waals surface area (Å²) in [7, 11) is 4.21. The Hall–Kier alpha value is -0.160. The molecule has 0 aliphatic carbocycles. The summed E-state index contributed by atoms with van der Waals surface area (Å²) in [6.07, 6.45) is 3.50. The molecule has 0 aromatic heterocycles. The van der Waals surface area contributed by atoms with Crippen molar-refractivity contribution < 1.29 is 5.11 Å². The summed E-state index contributed by atoms with van der Waals surface area (Å²) in [5.74, 6) is 0.688. The van der Waals surface area contributed by atoms with Gasteiger partial charge in [-0.2, -0.15) is 0 Å². The molecule has 0 amide bonds. The van der Waals surface area contributed by atoms with Gasteiger partial charge in [0.15, 0.2) is 0 Å². The molecule has 1 aliphatic rings. The smallest absolute Gasteiger partial charge is 0.0791 e. The highest BCUT2D eigenvalue weighted by molar-refractivity contribution is 4.76. The highest BCUT2D eigenvalue weighted by atomic mass is 16.3. The zero-order valence-corrected chi connectivity index (χ0v) is 13.2. The third-order valence-electron chi connectivity index (χ3n) is 3.65. The van der Waals surface area contributed by atoms with E-state index < -0.39 is 0 Å². The van der Waals surface area contributed by atoms with Crippen LogP contribution in [-0.4, -0.2) is 73.9 Å². The third-order valence-corrected chi connectivity index (χ3v) is 3.65. The molecule has 114 valence electrons. The lowest BCUT2D eigenvalue weighted by molar-refractivity contribution is 0.117. The lowest BCUT2D eigenvalue weighted by Crippen LogP contribution is -2.45. The van der Waals surface area contributed by atoms with Crippen molar-refractivity contribution in [2.45, 2.75) is 45.3 Å². The van der Waals surface area contributed by atoms with E-state index in [1.165, 1.54) is 12.8 Å². The van der Waals surface area contributed by atoms with Crippen molar-refractivity contribution >= 4 is 0 Å². The van der Waals surface area contributed by atoms with E-state index in [-0.39, 0.29) is 6.10 Å². The van der Waals surface area contributed by atoms with E-state index in [0.29, 0.717) is 18.5 Å². The Morgan fingerprint density at radius 3 is 2.37 bits per heavy atom. The predicted octanol–water partition coefficient (Wildman–Crippen LogP) is 1.01. The number of aliphatic hydroxyl groups is 1. The molecule has 0 aromatic rings. The molecule has 1 saturated heterocycles. The number of rotatable bonds is 9. The van der Waals surface area contributed by atoms with Crippen LogP contribution in [0.25, 0.3) is 0 Å². The van der Waals surface area contributed by atoms with Gasteiger partial charge in [-0.3, -0.25) is 0 Å². The molecule has 1 rings (SSSR count). The van der Waals surface area contributed by atoms with E-state index >= 15 is 0 Å². The summed E-state index contributed by atoms with van der Waals surface area (Å²) in [5, 5.41) is 13.6. The van der Waals surface area contributed by atoms with Crippen molar-refractivity contribution in [2.75, 3.05) is 46.8 Å². The number of hydrogen-bond acceptors (Lipinski definition) is 4. The van der Waals surface area contributed by atoms with E-state index in [1.807, 2.05) is 0 Å². The van der Waals surface area contributed by atoms with Gasteiger partial charge in [0.25, 0.3) is 0 Å². The lowest BCUT2D eigenvalue weighted by atomic mass is 10.0.